The number of hydrogen-bond donors (Lipinski definition) is 3. The number of β-lactam (4-membered cyclic amide) rings is 1. The van der Waals surface area contributed by atoms with E-state index in [2.05, 4.69) is 20.8 Å². The quantitative estimate of drug-likeness (QED) is 0.162. The molecule has 2 aliphatic rings. The second-order valence-corrected chi connectivity index (χ2v) is 7.90. The summed E-state index contributed by atoms with van der Waals surface area (Å²) in [6.45, 7) is 0. The SMILES string of the molecule is CON=C(C(=O)N[C@@H]1C(=O)N2C(C(=O)O)=C(CCl)CS[C@H]12)c1csc(NC=O)n1. The zero-order valence-electron chi connectivity index (χ0n) is 14.7. The number of thiazole rings is 1. The van der Waals surface area contributed by atoms with Crippen LogP contribution in [0.4, 0.5) is 5.13 Å². The van der Waals surface area contributed by atoms with Crippen molar-refractivity contribution in [1.29, 1.82) is 0 Å². The summed E-state index contributed by atoms with van der Waals surface area (Å²) in [6.07, 6.45) is 0.445. The number of halogens is 1. The minimum Gasteiger partial charge on any atom is -0.477 e. The molecular formula is C15H14ClN5O6S2. The van der Waals surface area contributed by atoms with Crippen LogP contribution in [0.2, 0.25) is 0 Å². The molecule has 0 radical (unpaired) electrons. The number of thioether (sulfide) groups is 1. The van der Waals surface area contributed by atoms with Gasteiger partial charge < -0.3 is 20.6 Å². The number of nitrogens with one attached hydrogen (secondary N) is 2. The van der Waals surface area contributed by atoms with E-state index in [0.717, 1.165) is 16.2 Å². The Bertz CT molecular complexity index is 932. The van der Waals surface area contributed by atoms with Crippen LogP contribution in [0.25, 0.3) is 0 Å². The largest absolute Gasteiger partial charge is 0.477 e. The van der Waals surface area contributed by atoms with Crippen LogP contribution in [-0.4, -0.2) is 75.1 Å². The Morgan fingerprint density at radius 2 is 2.31 bits per heavy atom. The van der Waals surface area contributed by atoms with Crippen LogP contribution < -0.4 is 10.6 Å². The molecule has 1 aromatic heterocycles. The van der Waals surface area contributed by atoms with Crippen molar-refractivity contribution in [1.82, 2.24) is 15.2 Å². The highest BCUT2D eigenvalue weighted by Crippen LogP contribution is 2.40. The predicted molar refractivity (Wildman–Crippen MR) is 106 cm³/mol. The summed E-state index contributed by atoms with van der Waals surface area (Å²) in [6, 6.07) is -0.938. The molecule has 0 unspecified atom stereocenters. The summed E-state index contributed by atoms with van der Waals surface area (Å²) in [7, 11) is 1.25. The van der Waals surface area contributed by atoms with Crippen LogP contribution >= 0.6 is 34.7 Å². The second kappa shape index (κ2) is 8.80. The van der Waals surface area contributed by atoms with Crippen molar-refractivity contribution < 1.29 is 29.1 Å². The minimum atomic E-state index is -1.25. The highest BCUT2D eigenvalue weighted by molar-refractivity contribution is 8.00. The zero-order chi connectivity index (χ0) is 21.1. The second-order valence-electron chi connectivity index (χ2n) is 5.67. The van der Waals surface area contributed by atoms with Crippen LogP contribution in [0.1, 0.15) is 5.69 Å². The van der Waals surface area contributed by atoms with E-state index in [1.54, 1.807) is 0 Å². The van der Waals surface area contributed by atoms with Gasteiger partial charge in [0.2, 0.25) is 6.41 Å². The first-order valence-electron chi connectivity index (χ1n) is 7.97. The molecule has 11 nitrogen and oxygen atoms in total. The molecule has 3 N–H and O–H groups in total. The average molecular weight is 460 g/mol. The number of oxime groups is 1. The molecule has 29 heavy (non-hydrogen) atoms. The molecule has 0 aromatic carbocycles. The monoisotopic (exact) mass is 459 g/mol. The number of amides is 3. The standard InChI is InChI=1S/C15H14ClN5O6S2/c1-27-20-8(7-4-29-15(18-7)17-5-22)11(23)19-9-12(24)21-10(14(25)26)6(2-16)3-28-13(9)21/h4-5,9,13H,2-3H2,1H3,(H,19,23)(H,25,26)(H,17,18,22)/t9-,13-/m1/s1. The van der Waals surface area contributed by atoms with Crippen molar-refractivity contribution in [2.75, 3.05) is 24.1 Å². The van der Waals surface area contributed by atoms with E-state index < -0.39 is 29.2 Å². The fraction of sp³-hybridized carbons (Fsp3) is 0.333. The first kappa shape index (κ1) is 21.1. The lowest BCUT2D eigenvalue weighted by atomic mass is 10.0. The summed E-state index contributed by atoms with van der Waals surface area (Å²) in [4.78, 5) is 57.2. The lowest BCUT2D eigenvalue weighted by molar-refractivity contribution is -0.150. The van der Waals surface area contributed by atoms with E-state index in [0.29, 0.717) is 17.7 Å². The summed E-state index contributed by atoms with van der Waals surface area (Å²) >= 11 is 8.17. The van der Waals surface area contributed by atoms with Gasteiger partial charge in [0.25, 0.3) is 11.8 Å². The molecule has 2 aliphatic heterocycles. The fourth-order valence-corrected chi connectivity index (χ4v) is 5.12. The first-order valence-corrected chi connectivity index (χ1v) is 10.4. The van der Waals surface area contributed by atoms with Crippen molar-refractivity contribution >= 4 is 69.7 Å². The number of aromatic nitrogens is 1. The van der Waals surface area contributed by atoms with Gasteiger partial charge in [-0.05, 0) is 5.57 Å². The number of aliphatic carboxylic acids is 1. The lowest BCUT2D eigenvalue weighted by Crippen LogP contribution is -2.71. The number of hydrogen-bond acceptors (Lipinski definition) is 9. The number of carbonyl (C=O) groups excluding carboxylic acids is 3. The van der Waals surface area contributed by atoms with Gasteiger partial charge in [-0.2, -0.15) is 0 Å². The van der Waals surface area contributed by atoms with E-state index in [4.69, 9.17) is 16.4 Å². The number of carbonyl (C=O) groups is 4. The predicted octanol–water partition coefficient (Wildman–Crippen LogP) is 0.0393. The van der Waals surface area contributed by atoms with Crippen molar-refractivity contribution in [3.63, 3.8) is 0 Å². The van der Waals surface area contributed by atoms with Gasteiger partial charge >= 0.3 is 5.97 Å². The maximum atomic E-state index is 12.7. The lowest BCUT2D eigenvalue weighted by Gasteiger charge is -2.49. The zero-order valence-corrected chi connectivity index (χ0v) is 17.1. The van der Waals surface area contributed by atoms with Crippen molar-refractivity contribution in [2.45, 2.75) is 11.4 Å². The number of rotatable bonds is 8. The van der Waals surface area contributed by atoms with Gasteiger partial charge in [-0.25, -0.2) is 9.78 Å². The van der Waals surface area contributed by atoms with Crippen molar-refractivity contribution in [3.05, 3.63) is 22.3 Å². The molecule has 14 heteroatoms. The Morgan fingerprint density at radius 3 is 2.93 bits per heavy atom. The Balaban J connectivity index is 1.77. The van der Waals surface area contributed by atoms with E-state index in [9.17, 15) is 24.3 Å². The molecule has 1 fully saturated rings. The maximum Gasteiger partial charge on any atom is 0.352 e. The first-order chi connectivity index (χ1) is 13.9. The van der Waals surface area contributed by atoms with E-state index in [-0.39, 0.29) is 28.1 Å². The van der Waals surface area contributed by atoms with Gasteiger partial charge in [0.15, 0.2) is 10.8 Å². The number of anilines is 1. The maximum absolute atomic E-state index is 12.7. The van der Waals surface area contributed by atoms with Crippen LogP contribution in [0, 0.1) is 0 Å². The summed E-state index contributed by atoms with van der Waals surface area (Å²) in [5.41, 5.74) is 0.256. The van der Waals surface area contributed by atoms with Crippen molar-refractivity contribution in [3.8, 4) is 0 Å². The van der Waals surface area contributed by atoms with E-state index >= 15 is 0 Å². The minimum absolute atomic E-state index is 0.00616. The molecule has 2 atom stereocenters. The van der Waals surface area contributed by atoms with Crippen LogP contribution in [0.3, 0.4) is 0 Å². The molecule has 3 rings (SSSR count). The normalized spacial score (nSPS) is 21.2. The highest BCUT2D eigenvalue weighted by atomic mass is 35.5. The molecule has 3 heterocycles. The number of carboxylic acids is 1. The molecule has 1 aromatic rings. The summed E-state index contributed by atoms with van der Waals surface area (Å²) < 4.78 is 0. The molecule has 0 bridgehead atoms. The Morgan fingerprint density at radius 1 is 1.55 bits per heavy atom. The smallest absolute Gasteiger partial charge is 0.352 e. The number of alkyl halides is 1. The third kappa shape index (κ3) is 3.93. The van der Waals surface area contributed by atoms with E-state index in [1.165, 1.54) is 24.3 Å². The van der Waals surface area contributed by atoms with E-state index in [1.807, 2.05) is 0 Å². The molecule has 0 spiro atoms. The molecule has 3 amide bonds. The fourth-order valence-electron chi connectivity index (χ4n) is 2.79. The van der Waals surface area contributed by atoms with Gasteiger partial charge in [0.05, 0.1) is 0 Å². The molecular weight excluding hydrogens is 446 g/mol. The van der Waals surface area contributed by atoms with Gasteiger partial charge in [-0.3, -0.25) is 19.3 Å². The Labute approximate surface area is 177 Å². The van der Waals surface area contributed by atoms with Gasteiger partial charge in [0.1, 0.15) is 29.9 Å². The highest BCUT2D eigenvalue weighted by Gasteiger charge is 2.54. The number of carboxylic acid groups (broad SMARTS) is 1. The number of fused-ring (bicyclic) bond motifs is 1. The van der Waals surface area contributed by atoms with Gasteiger partial charge in [0, 0.05) is 17.0 Å². The molecule has 154 valence electrons. The van der Waals surface area contributed by atoms with Crippen molar-refractivity contribution in [2.24, 2.45) is 5.16 Å². The van der Waals surface area contributed by atoms with Crippen LogP contribution in [0.5, 0.6) is 0 Å². The van der Waals surface area contributed by atoms with Gasteiger partial charge in [-0.1, -0.05) is 5.16 Å². The summed E-state index contributed by atoms with van der Waals surface area (Å²) in [5, 5.41) is 19.2. The Kier molecular flexibility index (Phi) is 6.39. The van der Waals surface area contributed by atoms with Crippen LogP contribution in [0.15, 0.2) is 21.8 Å². The Hall–Kier alpha value is -2.64. The third-order valence-electron chi connectivity index (χ3n) is 4.02. The molecule has 1 saturated heterocycles. The summed E-state index contributed by atoms with van der Waals surface area (Å²) in [5.74, 6) is -2.21. The average Bonchev–Trinajstić information content (AvgIpc) is 3.17. The molecule has 0 saturated carbocycles. The third-order valence-corrected chi connectivity index (χ3v) is 6.46. The number of nitrogens with zero attached hydrogens (tertiary/aromatic N) is 3. The van der Waals surface area contributed by atoms with Crippen LogP contribution in [-0.2, 0) is 24.0 Å². The topological polar surface area (TPSA) is 150 Å². The molecule has 0 aliphatic carbocycles. The van der Waals surface area contributed by atoms with Gasteiger partial charge in [-0.15, -0.1) is 34.7 Å².